The van der Waals surface area contributed by atoms with Crippen LogP contribution in [0.1, 0.15) is 70.4 Å². The molecule has 1 aliphatic heterocycles. The van der Waals surface area contributed by atoms with Crippen molar-refractivity contribution >= 4 is 11.7 Å². The Balaban J connectivity index is 2.22. The summed E-state index contributed by atoms with van der Waals surface area (Å²) in [4.78, 5) is 14.7. The molecule has 24 heavy (non-hydrogen) atoms. The largest absolute Gasteiger partial charge is 0.393 e. The Morgan fingerprint density at radius 3 is 2.25 bits per heavy atom. The van der Waals surface area contributed by atoms with Gasteiger partial charge in [-0.25, -0.2) is 4.79 Å². The molecule has 134 valence electrons. The lowest BCUT2D eigenvalue weighted by Crippen LogP contribution is -2.45. The zero-order chi connectivity index (χ0) is 17.9. The van der Waals surface area contributed by atoms with Crippen LogP contribution < -0.4 is 5.32 Å². The molecule has 1 fully saturated rings. The van der Waals surface area contributed by atoms with Gasteiger partial charge in [-0.2, -0.15) is 0 Å². The predicted molar refractivity (Wildman–Crippen MR) is 99.6 cm³/mol. The molecule has 0 bridgehead atoms. The number of piperidine rings is 1. The molecule has 1 aliphatic rings. The Labute approximate surface area is 146 Å². The van der Waals surface area contributed by atoms with Crippen molar-refractivity contribution in [3.8, 4) is 0 Å². The van der Waals surface area contributed by atoms with Gasteiger partial charge < -0.3 is 15.3 Å². The minimum atomic E-state index is -0.366. The molecule has 2 unspecified atom stereocenters. The number of carbonyl (C=O) groups excluding carboxylic acids is 1. The van der Waals surface area contributed by atoms with Crippen LogP contribution in [-0.2, 0) is 0 Å². The molecule has 2 N–H and O–H groups in total. The molecule has 2 rings (SSSR count). The Bertz CT molecular complexity index is 541. The van der Waals surface area contributed by atoms with Crippen LogP contribution in [0, 0.1) is 5.92 Å². The van der Waals surface area contributed by atoms with Crippen LogP contribution in [0.5, 0.6) is 0 Å². The maximum Gasteiger partial charge on any atom is 0.321 e. The third-order valence-electron chi connectivity index (χ3n) is 5.03. The molecule has 0 spiro atoms. The first kappa shape index (κ1) is 18.8. The fourth-order valence-electron chi connectivity index (χ4n) is 3.47. The fourth-order valence-corrected chi connectivity index (χ4v) is 3.47. The predicted octanol–water partition coefficient (Wildman–Crippen LogP) is 4.56. The van der Waals surface area contributed by atoms with Crippen molar-refractivity contribution in [1.82, 2.24) is 4.90 Å². The molecular weight excluding hydrogens is 300 g/mol. The molecule has 1 aromatic carbocycles. The van der Waals surface area contributed by atoms with Crippen LogP contribution in [0.15, 0.2) is 18.2 Å². The number of urea groups is 1. The van der Waals surface area contributed by atoms with Gasteiger partial charge in [-0.15, -0.1) is 0 Å². The fraction of sp³-hybridized carbons (Fsp3) is 0.650. The monoisotopic (exact) mass is 332 g/mol. The number of carbonyl (C=O) groups is 1. The number of nitrogens with zero attached hydrogens (tertiary/aromatic N) is 1. The summed E-state index contributed by atoms with van der Waals surface area (Å²) in [6, 6.07) is 6.22. The quantitative estimate of drug-likeness (QED) is 0.849. The van der Waals surface area contributed by atoms with E-state index in [2.05, 4.69) is 51.2 Å². The first-order valence-electron chi connectivity index (χ1n) is 9.18. The van der Waals surface area contributed by atoms with Crippen LogP contribution in [0.2, 0.25) is 0 Å². The standard InChI is InChI=1S/C20H32N2O2/c1-13(2)17-9-6-10-18(14(3)4)19(17)21-20(24)22-11-7-8-16(12-22)15(5)23/h6,9-10,13-16,23H,7-8,11-12H2,1-5H3,(H,21,24). The lowest BCUT2D eigenvalue weighted by Gasteiger charge is -2.34. The van der Waals surface area contributed by atoms with E-state index in [1.807, 2.05) is 11.8 Å². The van der Waals surface area contributed by atoms with Crippen molar-refractivity contribution < 1.29 is 9.90 Å². The number of benzene rings is 1. The lowest BCUT2D eigenvalue weighted by atomic mass is 9.92. The Morgan fingerprint density at radius 2 is 1.75 bits per heavy atom. The van der Waals surface area contributed by atoms with Gasteiger partial charge in [0.05, 0.1) is 6.10 Å². The maximum atomic E-state index is 12.8. The minimum absolute atomic E-state index is 0.0460. The molecule has 4 heteroatoms. The van der Waals surface area contributed by atoms with Crippen molar-refractivity contribution in [1.29, 1.82) is 0 Å². The lowest BCUT2D eigenvalue weighted by molar-refractivity contribution is 0.0766. The van der Waals surface area contributed by atoms with Gasteiger partial charge in [0.1, 0.15) is 0 Å². The van der Waals surface area contributed by atoms with E-state index in [0.717, 1.165) is 25.1 Å². The number of likely N-dealkylation sites (tertiary alicyclic amines) is 1. The Hall–Kier alpha value is -1.55. The summed E-state index contributed by atoms with van der Waals surface area (Å²) in [7, 11) is 0. The molecule has 4 nitrogen and oxygen atoms in total. The summed E-state index contributed by atoms with van der Waals surface area (Å²) >= 11 is 0. The normalized spacial score (nSPS) is 19.7. The number of hydrogen-bond donors (Lipinski definition) is 2. The number of nitrogens with one attached hydrogen (secondary N) is 1. The zero-order valence-electron chi connectivity index (χ0n) is 15.7. The van der Waals surface area contributed by atoms with Crippen molar-refractivity contribution in [2.45, 2.75) is 65.4 Å². The molecule has 2 amide bonds. The number of rotatable bonds is 4. The van der Waals surface area contributed by atoms with Crippen molar-refractivity contribution in [3.05, 3.63) is 29.3 Å². The topological polar surface area (TPSA) is 52.6 Å². The van der Waals surface area contributed by atoms with Crippen molar-refractivity contribution in [2.24, 2.45) is 5.92 Å². The molecule has 2 atom stereocenters. The SMILES string of the molecule is CC(C)c1cccc(C(C)C)c1NC(=O)N1CCCC(C(C)O)C1. The van der Waals surface area contributed by atoms with Gasteiger partial charge in [0.25, 0.3) is 0 Å². The van der Waals surface area contributed by atoms with E-state index in [1.54, 1.807) is 0 Å². The summed E-state index contributed by atoms with van der Waals surface area (Å²) in [6.45, 7) is 11.8. The number of para-hydroxylation sites is 1. The van der Waals surface area contributed by atoms with Gasteiger partial charge in [-0.1, -0.05) is 45.9 Å². The number of anilines is 1. The first-order chi connectivity index (χ1) is 11.3. The van der Waals surface area contributed by atoms with Crippen molar-refractivity contribution in [2.75, 3.05) is 18.4 Å². The summed E-state index contributed by atoms with van der Waals surface area (Å²) in [6.07, 6.45) is 1.57. The molecule has 0 aromatic heterocycles. The summed E-state index contributed by atoms with van der Waals surface area (Å²) in [5, 5.41) is 13.0. The smallest absolute Gasteiger partial charge is 0.321 e. The molecule has 1 saturated heterocycles. The van der Waals surface area contributed by atoms with Gasteiger partial charge in [0.2, 0.25) is 0 Å². The van der Waals surface area contributed by atoms with Crippen LogP contribution in [0.4, 0.5) is 10.5 Å². The van der Waals surface area contributed by atoms with Gasteiger partial charge in [0, 0.05) is 24.7 Å². The zero-order valence-corrected chi connectivity index (χ0v) is 15.7. The van der Waals surface area contributed by atoms with E-state index in [9.17, 15) is 9.90 Å². The van der Waals surface area contributed by atoms with E-state index in [4.69, 9.17) is 0 Å². The number of hydrogen-bond acceptors (Lipinski definition) is 2. The van der Waals surface area contributed by atoms with E-state index >= 15 is 0 Å². The van der Waals surface area contributed by atoms with E-state index < -0.39 is 0 Å². The highest BCUT2D eigenvalue weighted by Crippen LogP contribution is 2.33. The Kier molecular flexibility index (Phi) is 6.27. The van der Waals surface area contributed by atoms with E-state index in [0.29, 0.717) is 18.4 Å². The van der Waals surface area contributed by atoms with Crippen LogP contribution >= 0.6 is 0 Å². The van der Waals surface area contributed by atoms with E-state index in [1.165, 1.54) is 11.1 Å². The Morgan fingerprint density at radius 1 is 1.17 bits per heavy atom. The minimum Gasteiger partial charge on any atom is -0.393 e. The second-order valence-corrected chi connectivity index (χ2v) is 7.64. The van der Waals surface area contributed by atoms with Gasteiger partial charge >= 0.3 is 6.03 Å². The van der Waals surface area contributed by atoms with E-state index in [-0.39, 0.29) is 18.1 Å². The number of aliphatic hydroxyl groups excluding tert-OH is 1. The van der Waals surface area contributed by atoms with Gasteiger partial charge in [-0.05, 0) is 42.7 Å². The first-order valence-corrected chi connectivity index (χ1v) is 9.18. The summed E-state index contributed by atoms with van der Waals surface area (Å²) in [5.74, 6) is 0.880. The summed E-state index contributed by atoms with van der Waals surface area (Å²) < 4.78 is 0. The average Bonchev–Trinajstić information content (AvgIpc) is 2.54. The second-order valence-electron chi connectivity index (χ2n) is 7.64. The summed E-state index contributed by atoms with van der Waals surface area (Å²) in [5.41, 5.74) is 3.32. The van der Waals surface area contributed by atoms with Gasteiger partial charge in [0.15, 0.2) is 0 Å². The second kappa shape index (κ2) is 8.02. The third-order valence-corrected chi connectivity index (χ3v) is 5.03. The highest BCUT2D eigenvalue weighted by Gasteiger charge is 2.27. The van der Waals surface area contributed by atoms with Crippen LogP contribution in [0.3, 0.4) is 0 Å². The average molecular weight is 332 g/mol. The molecule has 0 aliphatic carbocycles. The molecule has 0 radical (unpaired) electrons. The van der Waals surface area contributed by atoms with Crippen LogP contribution in [-0.4, -0.2) is 35.2 Å². The van der Waals surface area contributed by atoms with Crippen molar-refractivity contribution in [3.63, 3.8) is 0 Å². The number of aliphatic hydroxyl groups is 1. The maximum absolute atomic E-state index is 12.8. The van der Waals surface area contributed by atoms with Gasteiger partial charge in [-0.3, -0.25) is 0 Å². The number of amides is 2. The van der Waals surface area contributed by atoms with Crippen LogP contribution in [0.25, 0.3) is 0 Å². The third kappa shape index (κ3) is 4.29. The highest BCUT2D eigenvalue weighted by atomic mass is 16.3. The molecule has 1 heterocycles. The molecule has 0 saturated carbocycles. The highest BCUT2D eigenvalue weighted by molar-refractivity contribution is 5.91. The molecule has 1 aromatic rings. The molecular formula is C20H32N2O2.